The molecule has 0 radical (unpaired) electrons. The van der Waals surface area contributed by atoms with Crippen LogP contribution in [0.15, 0.2) is 4.99 Å². The van der Waals surface area contributed by atoms with E-state index in [0.717, 1.165) is 0 Å². The quantitative estimate of drug-likeness (QED) is 0.430. The number of nitro groups is 1. The topological polar surface area (TPSA) is 131 Å². The molecule has 17 heavy (non-hydrogen) atoms. The third-order valence-corrected chi connectivity index (χ3v) is 2.22. The van der Waals surface area contributed by atoms with Crippen molar-refractivity contribution >= 4 is 17.6 Å². The highest BCUT2D eigenvalue weighted by Crippen LogP contribution is 2.11. The fourth-order valence-electron chi connectivity index (χ4n) is 1.57. The highest BCUT2D eigenvalue weighted by atomic mass is 16.6. The second kappa shape index (κ2) is 4.87. The molecule has 0 aromatic carbocycles. The number of guanidine groups is 1. The average molecular weight is 243 g/mol. The molecule has 0 aliphatic carbocycles. The SMILES string of the molecule is CC(=O)CN(C)C1N=C(N)NC(=O)C1[N+](=O)[O-]. The third kappa shape index (κ3) is 2.97. The van der Waals surface area contributed by atoms with E-state index in [0.29, 0.717) is 0 Å². The molecule has 0 aromatic heterocycles. The number of carbonyl (C=O) groups excluding carboxylic acids is 2. The predicted molar refractivity (Wildman–Crippen MR) is 57.6 cm³/mol. The summed E-state index contributed by atoms with van der Waals surface area (Å²) >= 11 is 0. The molecule has 2 unspecified atom stereocenters. The lowest BCUT2D eigenvalue weighted by molar-refractivity contribution is -0.515. The fraction of sp³-hybridized carbons (Fsp3) is 0.625. The van der Waals surface area contributed by atoms with Gasteiger partial charge in [-0.1, -0.05) is 0 Å². The summed E-state index contributed by atoms with van der Waals surface area (Å²) in [5.74, 6) is -1.20. The number of Topliss-reactive ketones (excluding diaryl/α,β-unsaturated/α-hetero) is 1. The van der Waals surface area contributed by atoms with Gasteiger partial charge in [-0.3, -0.25) is 29.9 Å². The first-order valence-electron chi connectivity index (χ1n) is 4.80. The van der Waals surface area contributed by atoms with Gasteiger partial charge in [-0.25, -0.2) is 4.99 Å². The number of aliphatic imine (C=N–C) groups is 1. The van der Waals surface area contributed by atoms with Gasteiger partial charge >= 0.3 is 11.9 Å². The maximum absolute atomic E-state index is 11.4. The van der Waals surface area contributed by atoms with Gasteiger partial charge in [-0.15, -0.1) is 0 Å². The fourth-order valence-corrected chi connectivity index (χ4v) is 1.57. The molecule has 0 aromatic rings. The van der Waals surface area contributed by atoms with Crippen molar-refractivity contribution in [2.45, 2.75) is 19.1 Å². The lowest BCUT2D eigenvalue weighted by Gasteiger charge is -2.28. The van der Waals surface area contributed by atoms with Gasteiger partial charge in [0.2, 0.25) is 0 Å². The molecule has 0 spiro atoms. The molecule has 9 nitrogen and oxygen atoms in total. The molecule has 9 heteroatoms. The van der Waals surface area contributed by atoms with E-state index in [4.69, 9.17) is 5.73 Å². The molecule has 94 valence electrons. The van der Waals surface area contributed by atoms with Crippen LogP contribution < -0.4 is 11.1 Å². The van der Waals surface area contributed by atoms with Crippen LogP contribution in [0.2, 0.25) is 0 Å². The summed E-state index contributed by atoms with van der Waals surface area (Å²) in [6, 6.07) is -1.56. The summed E-state index contributed by atoms with van der Waals surface area (Å²) < 4.78 is 0. The van der Waals surface area contributed by atoms with Gasteiger partial charge in [-0.05, 0) is 14.0 Å². The minimum absolute atomic E-state index is 0.0426. The number of hydrogen-bond acceptors (Lipinski definition) is 7. The molecule has 0 bridgehead atoms. The first-order valence-corrected chi connectivity index (χ1v) is 4.80. The molecule has 1 rings (SSSR count). The third-order valence-electron chi connectivity index (χ3n) is 2.22. The van der Waals surface area contributed by atoms with E-state index < -0.39 is 23.0 Å². The Hall–Kier alpha value is -2.03. The molecule has 0 saturated heterocycles. The second-order valence-corrected chi connectivity index (χ2v) is 3.76. The first-order chi connectivity index (χ1) is 7.82. The minimum Gasteiger partial charge on any atom is -0.370 e. The van der Waals surface area contributed by atoms with Crippen LogP contribution in [-0.2, 0) is 9.59 Å². The van der Waals surface area contributed by atoms with Gasteiger partial charge < -0.3 is 5.73 Å². The van der Waals surface area contributed by atoms with E-state index in [1.807, 2.05) is 0 Å². The molecule has 2 atom stereocenters. The van der Waals surface area contributed by atoms with Gasteiger partial charge in [0, 0.05) is 4.92 Å². The van der Waals surface area contributed by atoms with E-state index in [2.05, 4.69) is 10.3 Å². The van der Waals surface area contributed by atoms with Gasteiger partial charge in [-0.2, -0.15) is 0 Å². The summed E-state index contributed by atoms with van der Waals surface area (Å²) in [7, 11) is 1.47. The summed E-state index contributed by atoms with van der Waals surface area (Å²) in [5.41, 5.74) is 5.33. The van der Waals surface area contributed by atoms with E-state index in [1.54, 1.807) is 0 Å². The van der Waals surface area contributed by atoms with Crippen LogP contribution in [-0.4, -0.2) is 53.3 Å². The number of rotatable bonds is 4. The lowest BCUT2D eigenvalue weighted by atomic mass is 10.1. The van der Waals surface area contributed by atoms with Gasteiger partial charge in [0.1, 0.15) is 5.78 Å². The molecule has 0 fully saturated rings. The van der Waals surface area contributed by atoms with E-state index in [9.17, 15) is 19.7 Å². The molecule has 3 N–H and O–H groups in total. The van der Waals surface area contributed by atoms with E-state index in [-0.39, 0.29) is 18.3 Å². The van der Waals surface area contributed by atoms with Gasteiger partial charge in [0.15, 0.2) is 12.1 Å². The summed E-state index contributed by atoms with van der Waals surface area (Å²) in [5, 5.41) is 12.9. The standard InChI is InChI=1S/C8H13N5O4/c1-4(14)3-12(2)6-5(13(16)17)7(15)11-8(9)10-6/h5-6H,3H2,1-2H3,(H3,9,10,11,15). The van der Waals surface area contributed by atoms with Crippen LogP contribution in [0.5, 0.6) is 0 Å². The Kier molecular flexibility index (Phi) is 3.73. The van der Waals surface area contributed by atoms with Crippen molar-refractivity contribution in [3.05, 3.63) is 10.1 Å². The molecule has 1 amide bonds. The van der Waals surface area contributed by atoms with Crippen molar-refractivity contribution in [3.8, 4) is 0 Å². The highest BCUT2D eigenvalue weighted by Gasteiger charge is 2.44. The summed E-state index contributed by atoms with van der Waals surface area (Å²) in [6.45, 7) is 1.30. The Morgan fingerprint density at radius 2 is 2.29 bits per heavy atom. The molecule has 0 saturated carbocycles. The lowest BCUT2D eigenvalue weighted by Crippen LogP contribution is -2.60. The number of nitrogens with zero attached hydrogens (tertiary/aromatic N) is 3. The highest BCUT2D eigenvalue weighted by molar-refractivity contribution is 6.00. The van der Waals surface area contributed by atoms with Gasteiger partial charge in [0.25, 0.3) is 0 Å². The number of nitrogens with one attached hydrogen (secondary N) is 1. The maximum Gasteiger partial charge on any atom is 0.325 e. The van der Waals surface area contributed by atoms with Crippen LogP contribution >= 0.6 is 0 Å². The van der Waals surface area contributed by atoms with Crippen molar-refractivity contribution in [2.75, 3.05) is 13.6 Å². The molecule has 1 heterocycles. The smallest absolute Gasteiger partial charge is 0.325 e. The predicted octanol–water partition coefficient (Wildman–Crippen LogP) is -2.08. The number of ketones is 1. The van der Waals surface area contributed by atoms with Crippen molar-refractivity contribution < 1.29 is 14.5 Å². The monoisotopic (exact) mass is 243 g/mol. The molecular formula is C8H13N5O4. The normalized spacial score (nSPS) is 24.2. The zero-order valence-corrected chi connectivity index (χ0v) is 9.41. The molecular weight excluding hydrogens is 230 g/mol. The molecule has 1 aliphatic rings. The Morgan fingerprint density at radius 1 is 1.71 bits per heavy atom. The van der Waals surface area contributed by atoms with E-state index >= 15 is 0 Å². The summed E-state index contributed by atoms with van der Waals surface area (Å²) in [6.07, 6.45) is -1.07. The Bertz CT molecular complexity index is 393. The Labute approximate surface area is 96.8 Å². The Balaban J connectivity index is 2.98. The zero-order valence-electron chi connectivity index (χ0n) is 9.41. The van der Waals surface area contributed by atoms with Gasteiger partial charge in [0.05, 0.1) is 6.54 Å². The van der Waals surface area contributed by atoms with Crippen molar-refractivity contribution in [1.82, 2.24) is 10.2 Å². The van der Waals surface area contributed by atoms with Crippen molar-refractivity contribution in [3.63, 3.8) is 0 Å². The number of carbonyl (C=O) groups is 2. The van der Waals surface area contributed by atoms with Crippen LogP contribution in [0.4, 0.5) is 0 Å². The molecule has 1 aliphatic heterocycles. The van der Waals surface area contributed by atoms with Crippen molar-refractivity contribution in [1.29, 1.82) is 0 Å². The summed E-state index contributed by atoms with van der Waals surface area (Å²) in [4.78, 5) is 37.5. The number of hydrogen-bond donors (Lipinski definition) is 2. The number of likely N-dealkylation sites (N-methyl/N-ethyl adjacent to an activating group) is 1. The van der Waals surface area contributed by atoms with Crippen LogP contribution in [0.25, 0.3) is 0 Å². The minimum atomic E-state index is -1.56. The number of nitrogens with two attached hydrogens (primary N) is 1. The second-order valence-electron chi connectivity index (χ2n) is 3.76. The first kappa shape index (κ1) is 13.0. The van der Waals surface area contributed by atoms with E-state index in [1.165, 1.54) is 18.9 Å². The number of amides is 1. The maximum atomic E-state index is 11.4. The Morgan fingerprint density at radius 3 is 2.76 bits per heavy atom. The van der Waals surface area contributed by atoms with Crippen LogP contribution in [0.1, 0.15) is 6.92 Å². The average Bonchev–Trinajstić information content (AvgIpc) is 2.14. The largest absolute Gasteiger partial charge is 0.370 e. The van der Waals surface area contributed by atoms with Crippen molar-refractivity contribution in [2.24, 2.45) is 10.7 Å². The zero-order chi connectivity index (χ0) is 13.2. The van der Waals surface area contributed by atoms with Crippen LogP contribution in [0.3, 0.4) is 0 Å². The van der Waals surface area contributed by atoms with Crippen LogP contribution in [0, 0.1) is 10.1 Å².